The highest BCUT2D eigenvalue weighted by atomic mass is 35.5. The van der Waals surface area contributed by atoms with Gasteiger partial charge < -0.3 is 4.42 Å². The monoisotopic (exact) mass is 245 g/mol. The fraction of sp³-hybridized carbons (Fsp3) is 0.0909. The highest BCUT2D eigenvalue weighted by molar-refractivity contribution is 6.34. The van der Waals surface area contributed by atoms with Crippen LogP contribution in [0.5, 0.6) is 0 Å². The fourth-order valence-corrected chi connectivity index (χ4v) is 1.69. The van der Waals surface area contributed by atoms with Crippen molar-refractivity contribution in [1.82, 2.24) is 0 Å². The lowest BCUT2D eigenvalue weighted by molar-refractivity contribution is -0.137. The smallest absolute Gasteiger partial charge is 0.417 e. The van der Waals surface area contributed by atoms with Gasteiger partial charge in [-0.05, 0) is 12.1 Å². The van der Waals surface area contributed by atoms with Crippen LogP contribution in [0.4, 0.5) is 13.2 Å². The van der Waals surface area contributed by atoms with Crippen LogP contribution in [0.3, 0.4) is 0 Å². The first kappa shape index (κ1) is 11.1. The van der Waals surface area contributed by atoms with Gasteiger partial charge in [-0.2, -0.15) is 13.2 Å². The van der Waals surface area contributed by atoms with E-state index in [1.165, 1.54) is 24.5 Å². The Morgan fingerprint density at radius 2 is 2.00 bits per heavy atom. The molecule has 0 unspecified atom stereocenters. The third-order valence-corrected chi connectivity index (χ3v) is 2.49. The maximum atomic E-state index is 12.6. The Balaban J connectivity index is 2.58. The number of hydrogen-bond acceptors (Lipinski definition) is 1. The number of hydrogen-bond donors (Lipinski definition) is 0. The molecule has 0 saturated heterocycles. The summed E-state index contributed by atoms with van der Waals surface area (Å²) in [6.45, 7) is 0. The lowest BCUT2D eigenvalue weighted by Crippen LogP contribution is -2.06. The third-order valence-electron chi connectivity index (χ3n) is 2.08. The molecule has 1 aromatic carbocycles. The Morgan fingerprint density at radius 1 is 1.25 bits per heavy atom. The molecule has 1 radical (unpaired) electrons. The van der Waals surface area contributed by atoms with E-state index in [0.717, 1.165) is 6.07 Å². The van der Waals surface area contributed by atoms with E-state index in [4.69, 9.17) is 11.6 Å². The summed E-state index contributed by atoms with van der Waals surface area (Å²) in [4.78, 5) is 0. The number of alkyl halides is 3. The van der Waals surface area contributed by atoms with Gasteiger partial charge in [0.2, 0.25) is 0 Å². The van der Waals surface area contributed by atoms with Crippen LogP contribution in [0, 0.1) is 6.26 Å². The van der Waals surface area contributed by atoms with Crippen molar-refractivity contribution in [3.8, 4) is 11.1 Å². The average molecular weight is 246 g/mol. The molecule has 0 saturated carbocycles. The van der Waals surface area contributed by atoms with Crippen LogP contribution in [0.25, 0.3) is 11.1 Å². The zero-order valence-corrected chi connectivity index (χ0v) is 8.56. The highest BCUT2D eigenvalue weighted by Gasteiger charge is 2.33. The zero-order valence-electron chi connectivity index (χ0n) is 7.81. The van der Waals surface area contributed by atoms with Crippen molar-refractivity contribution in [3.05, 3.63) is 47.4 Å². The second-order valence-electron chi connectivity index (χ2n) is 3.12. The van der Waals surface area contributed by atoms with Crippen molar-refractivity contribution in [2.45, 2.75) is 6.18 Å². The summed E-state index contributed by atoms with van der Waals surface area (Å²) < 4.78 is 42.3. The Morgan fingerprint density at radius 3 is 2.56 bits per heavy atom. The van der Waals surface area contributed by atoms with E-state index in [1.54, 1.807) is 0 Å². The van der Waals surface area contributed by atoms with Gasteiger partial charge in [0.05, 0.1) is 16.8 Å². The predicted molar refractivity (Wildman–Crippen MR) is 53.0 cm³/mol. The Hall–Kier alpha value is -1.42. The molecular weight excluding hydrogens is 241 g/mol. The standard InChI is InChI=1S/C11H5ClF3O/c12-10-8(7-4-5-16-6-7)2-1-3-9(10)11(13,14)15/h1-4,6H. The highest BCUT2D eigenvalue weighted by Crippen LogP contribution is 2.39. The van der Waals surface area contributed by atoms with Gasteiger partial charge in [0.15, 0.2) is 6.26 Å². The quantitative estimate of drug-likeness (QED) is 0.725. The van der Waals surface area contributed by atoms with Crippen LogP contribution in [0.15, 0.2) is 34.9 Å². The molecule has 0 atom stereocenters. The molecule has 5 heteroatoms. The molecular formula is C11H5ClF3O. The SMILES string of the molecule is FC(F)(F)c1cccc(-c2c[c]oc2)c1Cl. The van der Waals surface area contributed by atoms with Crippen LogP contribution in [-0.2, 0) is 6.18 Å². The topological polar surface area (TPSA) is 13.1 Å². The first-order chi connectivity index (χ1) is 7.50. The van der Waals surface area contributed by atoms with E-state index in [1.807, 2.05) is 0 Å². The van der Waals surface area contributed by atoms with E-state index < -0.39 is 11.7 Å². The Kier molecular flexibility index (Phi) is 2.68. The summed E-state index contributed by atoms with van der Waals surface area (Å²) in [5.74, 6) is 0. The lowest BCUT2D eigenvalue weighted by atomic mass is 10.1. The van der Waals surface area contributed by atoms with Crippen molar-refractivity contribution in [2.75, 3.05) is 0 Å². The molecule has 83 valence electrons. The van der Waals surface area contributed by atoms with Gasteiger partial charge >= 0.3 is 6.18 Å². The van der Waals surface area contributed by atoms with E-state index in [2.05, 4.69) is 10.7 Å². The summed E-state index contributed by atoms with van der Waals surface area (Å²) >= 11 is 5.71. The maximum absolute atomic E-state index is 12.6. The van der Waals surface area contributed by atoms with E-state index >= 15 is 0 Å². The maximum Gasteiger partial charge on any atom is 0.417 e. The summed E-state index contributed by atoms with van der Waals surface area (Å²) in [6, 6.07) is 5.17. The lowest BCUT2D eigenvalue weighted by Gasteiger charge is -2.11. The van der Waals surface area contributed by atoms with Gasteiger partial charge in [0.25, 0.3) is 0 Å². The Bertz CT molecular complexity index is 488. The minimum absolute atomic E-state index is 0.279. The molecule has 0 aliphatic heterocycles. The molecule has 0 bridgehead atoms. The molecule has 0 spiro atoms. The first-order valence-corrected chi connectivity index (χ1v) is 4.68. The zero-order chi connectivity index (χ0) is 11.8. The summed E-state index contributed by atoms with van der Waals surface area (Å²) in [6.07, 6.45) is -0.766. The number of furan rings is 1. The second kappa shape index (κ2) is 3.87. The van der Waals surface area contributed by atoms with Gasteiger partial charge in [-0.15, -0.1) is 0 Å². The largest absolute Gasteiger partial charge is 0.460 e. The van der Waals surface area contributed by atoms with Crippen molar-refractivity contribution in [3.63, 3.8) is 0 Å². The van der Waals surface area contributed by atoms with Gasteiger partial charge in [0, 0.05) is 11.1 Å². The molecule has 0 aliphatic rings. The molecule has 0 fully saturated rings. The molecule has 16 heavy (non-hydrogen) atoms. The third kappa shape index (κ3) is 1.93. The van der Waals surface area contributed by atoms with Gasteiger partial charge in [0.1, 0.15) is 0 Å². The summed E-state index contributed by atoms with van der Waals surface area (Å²) in [7, 11) is 0. The number of rotatable bonds is 1. The molecule has 0 amide bonds. The molecule has 1 heterocycles. The van der Waals surface area contributed by atoms with Crippen LogP contribution < -0.4 is 0 Å². The first-order valence-electron chi connectivity index (χ1n) is 4.31. The van der Waals surface area contributed by atoms with Crippen molar-refractivity contribution < 1.29 is 17.6 Å². The van der Waals surface area contributed by atoms with Crippen LogP contribution >= 0.6 is 11.6 Å². The number of benzene rings is 1. The molecule has 2 aromatic rings. The normalized spacial score (nSPS) is 11.8. The average Bonchev–Trinajstić information content (AvgIpc) is 2.69. The molecule has 1 aromatic heterocycles. The summed E-state index contributed by atoms with van der Waals surface area (Å²) in [5, 5.41) is -0.329. The van der Waals surface area contributed by atoms with Crippen LogP contribution in [-0.4, -0.2) is 0 Å². The van der Waals surface area contributed by atoms with Gasteiger partial charge in [-0.3, -0.25) is 0 Å². The van der Waals surface area contributed by atoms with Crippen LogP contribution in [0.1, 0.15) is 5.56 Å². The molecule has 0 aliphatic carbocycles. The molecule has 0 N–H and O–H groups in total. The second-order valence-corrected chi connectivity index (χ2v) is 3.50. The Labute approximate surface area is 94.4 Å². The van der Waals surface area contributed by atoms with Crippen molar-refractivity contribution in [2.24, 2.45) is 0 Å². The minimum Gasteiger partial charge on any atom is -0.460 e. The minimum atomic E-state index is -4.46. The molecule has 1 nitrogen and oxygen atoms in total. The fourth-order valence-electron chi connectivity index (χ4n) is 1.34. The van der Waals surface area contributed by atoms with E-state index in [-0.39, 0.29) is 10.6 Å². The summed E-state index contributed by atoms with van der Waals surface area (Å²) in [5.41, 5.74) is -0.106. The van der Waals surface area contributed by atoms with E-state index in [0.29, 0.717) is 5.56 Å². The van der Waals surface area contributed by atoms with E-state index in [9.17, 15) is 13.2 Å². The van der Waals surface area contributed by atoms with Crippen molar-refractivity contribution >= 4 is 11.6 Å². The van der Waals surface area contributed by atoms with Gasteiger partial charge in [-0.25, -0.2) is 0 Å². The van der Waals surface area contributed by atoms with Gasteiger partial charge in [-0.1, -0.05) is 23.7 Å². The van der Waals surface area contributed by atoms with Crippen molar-refractivity contribution in [1.29, 1.82) is 0 Å². The molecule has 2 rings (SSSR count). The predicted octanol–water partition coefficient (Wildman–Crippen LogP) is 4.42. The number of halogens is 4. The van der Waals surface area contributed by atoms with Crippen LogP contribution in [0.2, 0.25) is 5.02 Å².